The molecule has 2 aromatic rings. The zero-order chi connectivity index (χ0) is 11.9. The summed E-state index contributed by atoms with van der Waals surface area (Å²) in [5.41, 5.74) is 2.36. The molecule has 0 fully saturated rings. The van der Waals surface area contributed by atoms with Crippen LogP contribution in [0, 0.1) is 0 Å². The molecule has 1 heterocycles. The van der Waals surface area contributed by atoms with Gasteiger partial charge in [0.2, 0.25) is 12.3 Å². The van der Waals surface area contributed by atoms with Crippen molar-refractivity contribution in [3.8, 4) is 11.5 Å². The third-order valence-corrected chi connectivity index (χ3v) is 2.88. The molecule has 1 aromatic carbocycles. The van der Waals surface area contributed by atoms with Crippen LogP contribution in [-0.2, 0) is 6.42 Å². The maximum Gasteiger partial charge on any atom is 0.247 e. The van der Waals surface area contributed by atoms with E-state index in [0.29, 0.717) is 5.89 Å². The van der Waals surface area contributed by atoms with Gasteiger partial charge in [-0.25, -0.2) is 0 Å². The van der Waals surface area contributed by atoms with Gasteiger partial charge in [0, 0.05) is 5.56 Å². The third-order valence-electron chi connectivity index (χ3n) is 2.88. The Morgan fingerprint density at radius 2 is 1.88 bits per heavy atom. The first-order chi connectivity index (χ1) is 8.40. The van der Waals surface area contributed by atoms with Crippen molar-refractivity contribution < 1.29 is 4.42 Å². The molecule has 0 aliphatic rings. The van der Waals surface area contributed by atoms with E-state index in [2.05, 4.69) is 29.3 Å². The van der Waals surface area contributed by atoms with E-state index in [9.17, 15) is 0 Å². The molecule has 0 aliphatic carbocycles. The fourth-order valence-electron chi connectivity index (χ4n) is 1.87. The Morgan fingerprint density at radius 3 is 2.53 bits per heavy atom. The van der Waals surface area contributed by atoms with Crippen molar-refractivity contribution in [1.82, 2.24) is 10.2 Å². The fourth-order valence-corrected chi connectivity index (χ4v) is 1.87. The number of hydrogen-bond acceptors (Lipinski definition) is 3. The smallest absolute Gasteiger partial charge is 0.247 e. The third kappa shape index (κ3) is 3.41. The summed E-state index contributed by atoms with van der Waals surface area (Å²) in [5.74, 6) is 0.586. The molecular formula is C14H18N2O. The van der Waals surface area contributed by atoms with Crippen LogP contribution < -0.4 is 0 Å². The van der Waals surface area contributed by atoms with Gasteiger partial charge < -0.3 is 4.42 Å². The molecule has 0 saturated carbocycles. The Bertz CT molecular complexity index is 420. The van der Waals surface area contributed by atoms with Gasteiger partial charge in [0.1, 0.15) is 0 Å². The minimum atomic E-state index is 0.586. The van der Waals surface area contributed by atoms with Gasteiger partial charge in [-0.3, -0.25) is 0 Å². The van der Waals surface area contributed by atoms with Crippen LogP contribution in [0.1, 0.15) is 38.2 Å². The fraction of sp³-hybridized carbons (Fsp3) is 0.429. The summed E-state index contributed by atoms with van der Waals surface area (Å²) in [6.07, 6.45) is 7.73. The standard InChI is InChI=1S/C14H18N2O/c1-2-3-4-5-6-12-7-9-13(10-8-12)14-16-15-11-17-14/h7-11H,2-6H2,1H3. The van der Waals surface area contributed by atoms with Crippen molar-refractivity contribution in [2.24, 2.45) is 0 Å². The van der Waals surface area contributed by atoms with Crippen LogP contribution in [0.4, 0.5) is 0 Å². The van der Waals surface area contributed by atoms with E-state index < -0.39 is 0 Å². The lowest BCUT2D eigenvalue weighted by Gasteiger charge is -2.01. The zero-order valence-corrected chi connectivity index (χ0v) is 10.2. The van der Waals surface area contributed by atoms with Gasteiger partial charge in [0.25, 0.3) is 0 Å². The molecule has 0 amide bonds. The Kier molecular flexibility index (Phi) is 4.30. The van der Waals surface area contributed by atoms with Crippen LogP contribution in [0.25, 0.3) is 11.5 Å². The van der Waals surface area contributed by atoms with Crippen molar-refractivity contribution >= 4 is 0 Å². The molecule has 0 unspecified atom stereocenters. The van der Waals surface area contributed by atoms with Crippen LogP contribution in [0.3, 0.4) is 0 Å². The second-order valence-electron chi connectivity index (χ2n) is 4.25. The van der Waals surface area contributed by atoms with Gasteiger partial charge in [0.05, 0.1) is 0 Å². The van der Waals surface area contributed by atoms with Crippen molar-refractivity contribution in [3.63, 3.8) is 0 Å². The van der Waals surface area contributed by atoms with Crippen molar-refractivity contribution in [3.05, 3.63) is 36.2 Å². The Morgan fingerprint density at radius 1 is 1.06 bits per heavy atom. The highest BCUT2D eigenvalue weighted by molar-refractivity contribution is 5.52. The number of unbranched alkanes of at least 4 members (excludes halogenated alkanes) is 3. The van der Waals surface area contributed by atoms with Crippen LogP contribution in [0.2, 0.25) is 0 Å². The largest absolute Gasteiger partial charge is 0.423 e. The minimum absolute atomic E-state index is 0.586. The molecule has 2 rings (SSSR count). The predicted octanol–water partition coefficient (Wildman–Crippen LogP) is 3.86. The summed E-state index contributed by atoms with van der Waals surface area (Å²) in [5, 5.41) is 7.56. The highest BCUT2D eigenvalue weighted by Crippen LogP contribution is 2.17. The molecule has 0 bridgehead atoms. The average molecular weight is 230 g/mol. The molecule has 3 heteroatoms. The van der Waals surface area contributed by atoms with E-state index in [1.54, 1.807) is 0 Å². The van der Waals surface area contributed by atoms with E-state index >= 15 is 0 Å². The van der Waals surface area contributed by atoms with Gasteiger partial charge in [0.15, 0.2) is 0 Å². The first-order valence-electron chi connectivity index (χ1n) is 6.25. The molecule has 0 aliphatic heterocycles. The quantitative estimate of drug-likeness (QED) is 0.707. The molecule has 1 aromatic heterocycles. The molecule has 90 valence electrons. The van der Waals surface area contributed by atoms with Crippen LogP contribution >= 0.6 is 0 Å². The summed E-state index contributed by atoms with van der Waals surface area (Å²) in [7, 11) is 0. The predicted molar refractivity (Wildman–Crippen MR) is 67.6 cm³/mol. The molecule has 0 radical (unpaired) electrons. The summed E-state index contributed by atoms with van der Waals surface area (Å²) >= 11 is 0. The maximum atomic E-state index is 5.15. The first-order valence-corrected chi connectivity index (χ1v) is 6.25. The van der Waals surface area contributed by atoms with Crippen molar-refractivity contribution in [2.75, 3.05) is 0 Å². The number of aromatic nitrogens is 2. The van der Waals surface area contributed by atoms with Crippen LogP contribution in [-0.4, -0.2) is 10.2 Å². The summed E-state index contributed by atoms with van der Waals surface area (Å²) < 4.78 is 5.15. The second kappa shape index (κ2) is 6.18. The normalized spacial score (nSPS) is 10.6. The van der Waals surface area contributed by atoms with E-state index in [1.165, 1.54) is 37.6 Å². The van der Waals surface area contributed by atoms with E-state index in [-0.39, 0.29) is 0 Å². The van der Waals surface area contributed by atoms with Gasteiger partial charge in [-0.15, -0.1) is 10.2 Å². The average Bonchev–Trinajstić information content (AvgIpc) is 2.89. The number of rotatable bonds is 6. The van der Waals surface area contributed by atoms with Gasteiger partial charge >= 0.3 is 0 Å². The molecule has 0 N–H and O–H groups in total. The Hall–Kier alpha value is -1.64. The first kappa shape index (κ1) is 11.8. The molecule has 3 nitrogen and oxygen atoms in total. The summed E-state index contributed by atoms with van der Waals surface area (Å²) in [6, 6.07) is 8.38. The summed E-state index contributed by atoms with van der Waals surface area (Å²) in [4.78, 5) is 0. The monoisotopic (exact) mass is 230 g/mol. The molecule has 0 spiro atoms. The van der Waals surface area contributed by atoms with Crippen molar-refractivity contribution in [1.29, 1.82) is 0 Å². The van der Waals surface area contributed by atoms with Gasteiger partial charge in [-0.1, -0.05) is 38.3 Å². The minimum Gasteiger partial charge on any atom is -0.423 e. The van der Waals surface area contributed by atoms with E-state index in [0.717, 1.165) is 12.0 Å². The lowest BCUT2D eigenvalue weighted by molar-refractivity contribution is 0.568. The van der Waals surface area contributed by atoms with Gasteiger partial charge in [-0.05, 0) is 30.5 Å². The van der Waals surface area contributed by atoms with Crippen LogP contribution in [0.5, 0.6) is 0 Å². The molecule has 0 atom stereocenters. The molecule has 0 saturated heterocycles. The molecule has 17 heavy (non-hydrogen) atoms. The number of benzene rings is 1. The van der Waals surface area contributed by atoms with E-state index in [4.69, 9.17) is 4.42 Å². The lowest BCUT2D eigenvalue weighted by Crippen LogP contribution is -1.86. The SMILES string of the molecule is CCCCCCc1ccc(-c2nnco2)cc1. The Labute approximate surface area is 102 Å². The van der Waals surface area contributed by atoms with Gasteiger partial charge in [-0.2, -0.15) is 0 Å². The summed E-state index contributed by atoms with van der Waals surface area (Å²) in [6.45, 7) is 2.24. The van der Waals surface area contributed by atoms with E-state index in [1.807, 2.05) is 12.1 Å². The zero-order valence-electron chi connectivity index (χ0n) is 10.2. The number of nitrogens with zero attached hydrogens (tertiary/aromatic N) is 2. The molecular weight excluding hydrogens is 212 g/mol. The second-order valence-corrected chi connectivity index (χ2v) is 4.25. The number of aryl methyl sites for hydroxylation is 1. The topological polar surface area (TPSA) is 38.9 Å². The Balaban J connectivity index is 1.90. The number of hydrogen-bond donors (Lipinski definition) is 0. The highest BCUT2D eigenvalue weighted by atomic mass is 16.4. The highest BCUT2D eigenvalue weighted by Gasteiger charge is 2.02. The van der Waals surface area contributed by atoms with Crippen molar-refractivity contribution in [2.45, 2.75) is 39.0 Å². The maximum absolute atomic E-state index is 5.15. The lowest BCUT2D eigenvalue weighted by atomic mass is 10.0. The van der Waals surface area contributed by atoms with Crippen LogP contribution in [0.15, 0.2) is 35.1 Å².